The molecule has 2 aromatic carbocycles. The third kappa shape index (κ3) is 5.83. The molecular weight excluding hydrogens is 456 g/mol. The number of nitrogens with one attached hydrogen (secondary N) is 1. The lowest BCUT2D eigenvalue weighted by molar-refractivity contribution is -0.577. The minimum absolute atomic E-state index is 0.0192. The number of thiocarbonyl (C=S) groups is 1. The predicted molar refractivity (Wildman–Crippen MR) is 136 cm³/mol. The highest BCUT2D eigenvalue weighted by Crippen LogP contribution is 2.30. The minimum Gasteiger partial charge on any atom is -0.867 e. The van der Waals surface area contributed by atoms with Gasteiger partial charge in [0, 0.05) is 22.8 Å². The van der Waals surface area contributed by atoms with E-state index < -0.39 is 0 Å². The van der Waals surface area contributed by atoms with Gasteiger partial charge in [-0.3, -0.25) is 0 Å². The maximum atomic E-state index is 13.7. The van der Waals surface area contributed by atoms with Crippen LogP contribution in [-0.4, -0.2) is 19.2 Å². The van der Waals surface area contributed by atoms with Crippen molar-refractivity contribution in [3.8, 4) is 11.5 Å². The molecule has 1 heterocycles. The first kappa shape index (κ1) is 24.6. The van der Waals surface area contributed by atoms with Crippen LogP contribution in [-0.2, 0) is 5.41 Å². The Morgan fingerprint density at radius 3 is 2.09 bits per heavy atom. The minimum atomic E-state index is -0.254. The van der Waals surface area contributed by atoms with Gasteiger partial charge in [0.15, 0.2) is 28.9 Å². The molecule has 0 saturated carbocycles. The van der Waals surface area contributed by atoms with E-state index in [1.54, 1.807) is 54.1 Å². The van der Waals surface area contributed by atoms with Crippen LogP contribution in [0.5, 0.6) is 11.5 Å². The normalized spacial score (nSPS) is 12.1. The lowest BCUT2D eigenvalue weighted by Gasteiger charge is -2.20. The SMILES string of the molecule is COc1ccc(/C([O-])=C(/C(=S)Nc2ccc(Cl)cc2)[n+]2ccc(C(C)(C)C)cc2)cc1OC. The van der Waals surface area contributed by atoms with Crippen LogP contribution in [0.3, 0.4) is 0 Å². The van der Waals surface area contributed by atoms with E-state index in [1.165, 1.54) is 7.11 Å². The zero-order valence-electron chi connectivity index (χ0n) is 19.3. The van der Waals surface area contributed by atoms with Crippen molar-refractivity contribution in [2.24, 2.45) is 0 Å². The van der Waals surface area contributed by atoms with Crippen molar-refractivity contribution in [2.75, 3.05) is 19.5 Å². The summed E-state index contributed by atoms with van der Waals surface area (Å²) < 4.78 is 12.4. The molecule has 0 unspecified atom stereocenters. The Bertz CT molecular complexity index is 1170. The fourth-order valence-electron chi connectivity index (χ4n) is 3.25. The Labute approximate surface area is 205 Å². The summed E-state index contributed by atoms with van der Waals surface area (Å²) in [6.45, 7) is 6.41. The van der Waals surface area contributed by atoms with Gasteiger partial charge in [-0.2, -0.15) is 4.57 Å². The quantitative estimate of drug-likeness (QED) is 0.230. The van der Waals surface area contributed by atoms with Gasteiger partial charge >= 0.3 is 0 Å². The molecule has 0 fully saturated rings. The number of halogens is 1. The monoisotopic (exact) mass is 482 g/mol. The molecule has 0 atom stereocenters. The van der Waals surface area contributed by atoms with Crippen LogP contribution in [0.15, 0.2) is 67.0 Å². The molecule has 7 heteroatoms. The molecule has 0 spiro atoms. The summed E-state index contributed by atoms with van der Waals surface area (Å²) in [4.78, 5) is 0.283. The number of nitrogens with zero attached hydrogens (tertiary/aromatic N) is 1. The van der Waals surface area contributed by atoms with Crippen molar-refractivity contribution in [3.63, 3.8) is 0 Å². The van der Waals surface area contributed by atoms with Crippen molar-refractivity contribution in [1.82, 2.24) is 0 Å². The number of hydrogen-bond donors (Lipinski definition) is 1. The summed E-state index contributed by atoms with van der Waals surface area (Å²) in [5.74, 6) is 0.753. The van der Waals surface area contributed by atoms with Crippen LogP contribution in [0.25, 0.3) is 11.5 Å². The number of ether oxygens (including phenoxy) is 2. The van der Waals surface area contributed by atoms with Crippen molar-refractivity contribution in [1.29, 1.82) is 0 Å². The van der Waals surface area contributed by atoms with Gasteiger partial charge in [0.05, 0.1) is 14.2 Å². The van der Waals surface area contributed by atoms with E-state index in [9.17, 15) is 5.11 Å². The molecule has 0 bridgehead atoms. The number of hydrogen-bond acceptors (Lipinski definition) is 4. The number of benzene rings is 2. The van der Waals surface area contributed by atoms with Gasteiger partial charge in [0.25, 0.3) is 0 Å². The fourth-order valence-corrected chi connectivity index (χ4v) is 3.69. The molecule has 1 aromatic heterocycles. The zero-order chi connectivity index (χ0) is 24.2. The van der Waals surface area contributed by atoms with Gasteiger partial charge in [0.1, 0.15) is 0 Å². The highest BCUT2D eigenvalue weighted by molar-refractivity contribution is 7.81. The summed E-state index contributed by atoms with van der Waals surface area (Å²) >= 11 is 11.7. The highest BCUT2D eigenvalue weighted by atomic mass is 35.5. The molecule has 0 radical (unpaired) electrons. The number of pyridine rings is 1. The molecule has 3 rings (SSSR count). The first-order valence-electron chi connectivity index (χ1n) is 10.4. The molecule has 5 nitrogen and oxygen atoms in total. The predicted octanol–water partition coefficient (Wildman–Crippen LogP) is 5.07. The molecule has 3 aromatic rings. The maximum absolute atomic E-state index is 13.7. The summed E-state index contributed by atoms with van der Waals surface area (Å²) in [6.07, 6.45) is 3.70. The van der Waals surface area contributed by atoms with E-state index in [4.69, 9.17) is 33.3 Å². The lowest BCUT2D eigenvalue weighted by atomic mass is 9.88. The van der Waals surface area contributed by atoms with Crippen LogP contribution in [0.4, 0.5) is 5.69 Å². The summed E-state index contributed by atoms with van der Waals surface area (Å²) in [5.41, 5.74) is 2.60. The van der Waals surface area contributed by atoms with E-state index in [-0.39, 0.29) is 16.2 Å². The second-order valence-electron chi connectivity index (χ2n) is 8.45. The van der Waals surface area contributed by atoms with Gasteiger partial charge in [-0.15, -0.1) is 0 Å². The van der Waals surface area contributed by atoms with Crippen molar-refractivity contribution in [3.05, 3.63) is 83.1 Å². The van der Waals surface area contributed by atoms with E-state index in [2.05, 4.69) is 26.1 Å². The van der Waals surface area contributed by atoms with Crippen molar-refractivity contribution < 1.29 is 19.1 Å². The average Bonchev–Trinajstić information content (AvgIpc) is 2.80. The molecular formula is C26H27ClN2O3S. The van der Waals surface area contributed by atoms with E-state index in [0.717, 1.165) is 11.3 Å². The Balaban J connectivity index is 2.11. The molecule has 172 valence electrons. The third-order valence-electron chi connectivity index (χ3n) is 5.13. The fraction of sp³-hybridized carbons (Fsp3) is 0.231. The zero-order valence-corrected chi connectivity index (χ0v) is 20.9. The summed E-state index contributed by atoms with van der Waals surface area (Å²) in [7, 11) is 3.08. The standard InChI is InChI=1S/C26H27ClN2O3S/c1-26(2,3)18-12-14-29(15-13-18)23(25(33)28-20-9-7-19(27)8-10-20)24(30)17-6-11-21(31-4)22(16-17)32-5/h6-16H,1-5H3,(H-,28,30,33). The lowest BCUT2D eigenvalue weighted by Crippen LogP contribution is -2.40. The number of methoxy groups -OCH3 is 2. The smallest absolute Gasteiger partial charge is 0.238 e. The Morgan fingerprint density at radius 1 is 0.939 bits per heavy atom. The molecule has 0 aliphatic rings. The topological polar surface area (TPSA) is 57.4 Å². The van der Waals surface area contributed by atoms with Gasteiger partial charge in [-0.1, -0.05) is 50.7 Å². The van der Waals surface area contributed by atoms with Crippen molar-refractivity contribution >= 4 is 46.0 Å². The van der Waals surface area contributed by atoms with E-state index in [0.29, 0.717) is 27.8 Å². The van der Waals surface area contributed by atoms with Crippen LogP contribution in [0, 0.1) is 0 Å². The molecule has 1 N–H and O–H groups in total. The summed E-state index contributed by atoms with van der Waals surface area (Å²) in [6, 6.07) is 16.2. The molecule has 33 heavy (non-hydrogen) atoms. The summed E-state index contributed by atoms with van der Waals surface area (Å²) in [5, 5.41) is 17.4. The number of aromatic nitrogens is 1. The van der Waals surface area contributed by atoms with Gasteiger partial charge in [0.2, 0.25) is 5.70 Å². The third-order valence-corrected chi connectivity index (χ3v) is 5.68. The maximum Gasteiger partial charge on any atom is 0.238 e. The molecule has 0 saturated heterocycles. The average molecular weight is 483 g/mol. The van der Waals surface area contributed by atoms with Crippen LogP contribution >= 0.6 is 23.8 Å². The van der Waals surface area contributed by atoms with Gasteiger partial charge in [-0.05, 0) is 58.7 Å². The second-order valence-corrected chi connectivity index (χ2v) is 9.30. The Morgan fingerprint density at radius 2 is 1.55 bits per heavy atom. The van der Waals surface area contributed by atoms with E-state index in [1.807, 2.05) is 24.5 Å². The van der Waals surface area contributed by atoms with E-state index >= 15 is 0 Å². The number of anilines is 1. The van der Waals surface area contributed by atoms with Crippen LogP contribution in [0.1, 0.15) is 31.9 Å². The first-order valence-corrected chi connectivity index (χ1v) is 11.2. The Kier molecular flexibility index (Phi) is 7.61. The second kappa shape index (κ2) is 10.2. The largest absolute Gasteiger partial charge is 0.867 e. The number of rotatable bonds is 6. The van der Waals surface area contributed by atoms with Crippen molar-refractivity contribution in [2.45, 2.75) is 26.2 Å². The molecule has 0 aliphatic carbocycles. The Hall–Kier alpha value is -3.09. The molecule has 0 aliphatic heterocycles. The van der Waals surface area contributed by atoms with Crippen LogP contribution in [0.2, 0.25) is 5.02 Å². The van der Waals surface area contributed by atoms with Gasteiger partial charge in [-0.25, -0.2) is 0 Å². The highest BCUT2D eigenvalue weighted by Gasteiger charge is 2.22. The molecule has 0 amide bonds. The van der Waals surface area contributed by atoms with Gasteiger partial charge < -0.3 is 19.9 Å². The van der Waals surface area contributed by atoms with Crippen LogP contribution < -0.4 is 24.5 Å². The first-order chi connectivity index (χ1) is 15.6.